The molecular formula is C14H20FNO2. The van der Waals surface area contributed by atoms with E-state index in [1.54, 1.807) is 31.0 Å². The van der Waals surface area contributed by atoms with Crippen LogP contribution in [0.2, 0.25) is 0 Å². The molecule has 0 aliphatic rings. The van der Waals surface area contributed by atoms with Crippen LogP contribution in [0.15, 0.2) is 24.3 Å². The van der Waals surface area contributed by atoms with Crippen molar-refractivity contribution >= 4 is 5.91 Å². The number of aliphatic hydroxyl groups is 1. The molecule has 1 aromatic carbocycles. The molecule has 4 heteroatoms. The minimum atomic E-state index is -0.469. The quantitative estimate of drug-likeness (QED) is 0.876. The highest BCUT2D eigenvalue weighted by molar-refractivity contribution is 5.76. The zero-order chi connectivity index (χ0) is 13.7. The SMILES string of the molecule is CC(O)CCC(=O)N(C)C(C)c1ccc(F)cc1. The first-order chi connectivity index (χ1) is 8.41. The molecule has 0 fully saturated rings. The molecule has 0 bridgehead atoms. The van der Waals surface area contributed by atoms with Crippen molar-refractivity contribution in [2.75, 3.05) is 7.05 Å². The van der Waals surface area contributed by atoms with Crippen LogP contribution < -0.4 is 0 Å². The Labute approximate surface area is 107 Å². The number of carbonyl (C=O) groups excluding carboxylic acids is 1. The van der Waals surface area contributed by atoms with E-state index in [1.165, 1.54) is 12.1 Å². The third-order valence-electron chi connectivity index (χ3n) is 3.10. The molecule has 0 heterocycles. The second-order valence-corrected chi connectivity index (χ2v) is 4.62. The monoisotopic (exact) mass is 253 g/mol. The minimum absolute atomic E-state index is 0.0206. The van der Waals surface area contributed by atoms with Gasteiger partial charge in [0.05, 0.1) is 12.1 Å². The number of carbonyl (C=O) groups is 1. The number of rotatable bonds is 5. The molecule has 3 nitrogen and oxygen atoms in total. The number of benzene rings is 1. The van der Waals surface area contributed by atoms with Gasteiger partial charge < -0.3 is 10.0 Å². The minimum Gasteiger partial charge on any atom is -0.393 e. The number of hydrogen-bond acceptors (Lipinski definition) is 2. The fourth-order valence-corrected chi connectivity index (χ4v) is 1.69. The van der Waals surface area contributed by atoms with E-state index in [0.717, 1.165) is 5.56 Å². The van der Waals surface area contributed by atoms with E-state index in [2.05, 4.69) is 0 Å². The van der Waals surface area contributed by atoms with Gasteiger partial charge in [0.25, 0.3) is 0 Å². The molecule has 1 rings (SSSR count). The second-order valence-electron chi connectivity index (χ2n) is 4.62. The lowest BCUT2D eigenvalue weighted by Crippen LogP contribution is -2.30. The molecule has 0 saturated carbocycles. The van der Waals surface area contributed by atoms with Gasteiger partial charge in [-0.05, 0) is 38.0 Å². The summed E-state index contributed by atoms with van der Waals surface area (Å²) in [6.07, 6.45) is 0.308. The molecule has 0 radical (unpaired) electrons. The van der Waals surface area contributed by atoms with E-state index < -0.39 is 6.10 Å². The van der Waals surface area contributed by atoms with Crippen molar-refractivity contribution in [3.8, 4) is 0 Å². The van der Waals surface area contributed by atoms with E-state index in [-0.39, 0.29) is 17.8 Å². The predicted molar refractivity (Wildman–Crippen MR) is 68.5 cm³/mol. The molecule has 18 heavy (non-hydrogen) atoms. The molecule has 2 unspecified atom stereocenters. The first kappa shape index (κ1) is 14.6. The summed E-state index contributed by atoms with van der Waals surface area (Å²) in [5.41, 5.74) is 0.893. The Morgan fingerprint density at radius 2 is 1.89 bits per heavy atom. The Kier molecular flexibility index (Phi) is 5.28. The maximum Gasteiger partial charge on any atom is 0.222 e. The molecule has 100 valence electrons. The summed E-state index contributed by atoms with van der Waals surface area (Å²) in [6, 6.07) is 6.03. The maximum absolute atomic E-state index is 12.8. The summed E-state index contributed by atoms with van der Waals surface area (Å²) in [7, 11) is 1.72. The molecule has 1 aromatic rings. The van der Waals surface area contributed by atoms with E-state index in [4.69, 9.17) is 5.11 Å². The van der Waals surface area contributed by atoms with Gasteiger partial charge in [-0.2, -0.15) is 0 Å². The smallest absolute Gasteiger partial charge is 0.222 e. The van der Waals surface area contributed by atoms with Gasteiger partial charge in [0.2, 0.25) is 5.91 Å². The summed E-state index contributed by atoms with van der Waals surface area (Å²) in [4.78, 5) is 13.5. The van der Waals surface area contributed by atoms with Gasteiger partial charge in [-0.3, -0.25) is 4.79 Å². The highest BCUT2D eigenvalue weighted by Gasteiger charge is 2.17. The van der Waals surface area contributed by atoms with E-state index >= 15 is 0 Å². The van der Waals surface area contributed by atoms with Crippen LogP contribution in [-0.4, -0.2) is 29.1 Å². The van der Waals surface area contributed by atoms with Crippen molar-refractivity contribution in [2.24, 2.45) is 0 Å². The average molecular weight is 253 g/mol. The molecule has 0 aliphatic heterocycles. The van der Waals surface area contributed by atoms with Crippen LogP contribution in [0.25, 0.3) is 0 Å². The van der Waals surface area contributed by atoms with Gasteiger partial charge in [0, 0.05) is 13.5 Å². The standard InChI is InChI=1S/C14H20FNO2/c1-10(17)4-9-14(18)16(3)11(2)12-5-7-13(15)8-6-12/h5-8,10-11,17H,4,9H2,1-3H3. The third kappa shape index (κ3) is 4.11. The van der Waals surface area contributed by atoms with Gasteiger partial charge in [-0.1, -0.05) is 12.1 Å². The fourth-order valence-electron chi connectivity index (χ4n) is 1.69. The van der Waals surface area contributed by atoms with Gasteiger partial charge in [-0.25, -0.2) is 4.39 Å². The highest BCUT2D eigenvalue weighted by Crippen LogP contribution is 2.20. The molecule has 0 saturated heterocycles. The molecule has 1 amide bonds. The Morgan fingerprint density at radius 1 is 1.33 bits per heavy atom. The van der Waals surface area contributed by atoms with Crippen molar-refractivity contribution in [1.29, 1.82) is 0 Å². The van der Waals surface area contributed by atoms with Crippen LogP contribution in [0.4, 0.5) is 4.39 Å². The Hall–Kier alpha value is -1.42. The first-order valence-corrected chi connectivity index (χ1v) is 6.11. The predicted octanol–water partition coefficient (Wildman–Crippen LogP) is 2.51. The lowest BCUT2D eigenvalue weighted by atomic mass is 10.1. The Bertz CT molecular complexity index is 389. The maximum atomic E-state index is 12.8. The van der Waals surface area contributed by atoms with Crippen molar-refractivity contribution in [3.05, 3.63) is 35.6 Å². The summed E-state index contributed by atoms with van der Waals surface area (Å²) in [6.45, 7) is 3.56. The summed E-state index contributed by atoms with van der Waals surface area (Å²) < 4.78 is 12.8. The van der Waals surface area contributed by atoms with Gasteiger partial charge in [-0.15, -0.1) is 0 Å². The molecule has 1 N–H and O–H groups in total. The van der Waals surface area contributed by atoms with E-state index in [0.29, 0.717) is 12.8 Å². The van der Waals surface area contributed by atoms with Crippen LogP contribution in [0, 0.1) is 5.82 Å². The van der Waals surface area contributed by atoms with E-state index in [1.807, 2.05) is 6.92 Å². The summed E-state index contributed by atoms with van der Waals surface area (Å²) in [5, 5.41) is 9.16. The van der Waals surface area contributed by atoms with Gasteiger partial charge in [0.1, 0.15) is 5.82 Å². The second kappa shape index (κ2) is 6.50. The Balaban J connectivity index is 2.62. The number of aliphatic hydroxyl groups excluding tert-OH is 1. The molecule has 2 atom stereocenters. The van der Waals surface area contributed by atoms with Crippen molar-refractivity contribution in [1.82, 2.24) is 4.90 Å². The number of halogens is 1. The van der Waals surface area contributed by atoms with Crippen molar-refractivity contribution in [2.45, 2.75) is 38.8 Å². The van der Waals surface area contributed by atoms with Crippen LogP contribution in [0.5, 0.6) is 0 Å². The van der Waals surface area contributed by atoms with Gasteiger partial charge >= 0.3 is 0 Å². The van der Waals surface area contributed by atoms with Crippen molar-refractivity contribution in [3.63, 3.8) is 0 Å². The van der Waals surface area contributed by atoms with Crippen LogP contribution in [0.1, 0.15) is 38.3 Å². The van der Waals surface area contributed by atoms with Crippen LogP contribution in [-0.2, 0) is 4.79 Å². The summed E-state index contributed by atoms with van der Waals surface area (Å²) in [5.74, 6) is -0.304. The fraction of sp³-hybridized carbons (Fsp3) is 0.500. The highest BCUT2D eigenvalue weighted by atomic mass is 19.1. The molecule has 0 aliphatic carbocycles. The lowest BCUT2D eigenvalue weighted by Gasteiger charge is -2.25. The van der Waals surface area contributed by atoms with Gasteiger partial charge in [0.15, 0.2) is 0 Å². The number of nitrogens with zero attached hydrogens (tertiary/aromatic N) is 1. The van der Waals surface area contributed by atoms with Crippen molar-refractivity contribution < 1.29 is 14.3 Å². The zero-order valence-electron chi connectivity index (χ0n) is 11.1. The zero-order valence-corrected chi connectivity index (χ0v) is 11.1. The number of hydrogen-bond donors (Lipinski definition) is 1. The van der Waals surface area contributed by atoms with E-state index in [9.17, 15) is 9.18 Å². The normalized spacial score (nSPS) is 14.1. The van der Waals surface area contributed by atoms with Crippen LogP contribution in [0.3, 0.4) is 0 Å². The first-order valence-electron chi connectivity index (χ1n) is 6.11. The Morgan fingerprint density at radius 3 is 2.39 bits per heavy atom. The molecular weight excluding hydrogens is 233 g/mol. The summed E-state index contributed by atoms with van der Waals surface area (Å²) >= 11 is 0. The average Bonchev–Trinajstić information content (AvgIpc) is 2.35. The lowest BCUT2D eigenvalue weighted by molar-refractivity contribution is -0.132. The van der Waals surface area contributed by atoms with Crippen LogP contribution >= 0.6 is 0 Å². The largest absolute Gasteiger partial charge is 0.393 e. The molecule has 0 spiro atoms. The topological polar surface area (TPSA) is 40.5 Å². The third-order valence-corrected chi connectivity index (χ3v) is 3.10. The number of amides is 1. The molecule has 0 aromatic heterocycles.